The molecule has 4 aromatic rings. The molecule has 0 atom stereocenters. The van der Waals surface area contributed by atoms with Crippen molar-refractivity contribution in [2.24, 2.45) is 0 Å². The van der Waals surface area contributed by atoms with Gasteiger partial charge >= 0.3 is 5.97 Å². The number of nitrogens with zero attached hydrogens (tertiary/aromatic N) is 1. The zero-order valence-corrected chi connectivity index (χ0v) is 23.2. The Morgan fingerprint density at radius 2 is 1.33 bits per heavy atom. The number of hydrogen-bond acceptors (Lipinski definition) is 7. The quantitative estimate of drug-likeness (QED) is 0.0860. The van der Waals surface area contributed by atoms with Crippen molar-refractivity contribution >= 4 is 29.0 Å². The Hall–Kier alpha value is -5.31. The van der Waals surface area contributed by atoms with Gasteiger partial charge in [0.15, 0.2) is 12.4 Å². The summed E-state index contributed by atoms with van der Waals surface area (Å²) in [5, 5.41) is 13.4. The molecule has 4 rings (SSSR count). The lowest BCUT2D eigenvalue weighted by Crippen LogP contribution is -2.18. The van der Waals surface area contributed by atoms with E-state index in [9.17, 15) is 24.5 Å². The van der Waals surface area contributed by atoms with E-state index in [2.05, 4.69) is 31.3 Å². The third-order valence-electron chi connectivity index (χ3n) is 6.77. The second-order valence-electron chi connectivity index (χ2n) is 10.1. The van der Waals surface area contributed by atoms with Gasteiger partial charge in [-0.05, 0) is 59.7 Å². The molecule has 0 heterocycles. The summed E-state index contributed by atoms with van der Waals surface area (Å²) in [6.07, 6.45) is -0.341. The summed E-state index contributed by atoms with van der Waals surface area (Å²) in [5.74, 6) is -0.312. The van der Waals surface area contributed by atoms with Crippen LogP contribution in [-0.4, -0.2) is 29.2 Å². The van der Waals surface area contributed by atoms with Crippen molar-refractivity contribution < 1.29 is 28.8 Å². The van der Waals surface area contributed by atoms with Crippen molar-refractivity contribution in [3.63, 3.8) is 0 Å². The Kier molecular flexibility index (Phi) is 9.44. The number of nitrogens with one attached hydrogen (secondary N) is 1. The first kappa shape index (κ1) is 29.7. The molecule has 1 N–H and O–H groups in total. The van der Waals surface area contributed by atoms with Crippen LogP contribution in [0.5, 0.6) is 11.5 Å². The maximum Gasteiger partial charge on any atom is 0.306 e. The van der Waals surface area contributed by atoms with Gasteiger partial charge in [0.05, 0.1) is 11.3 Å². The van der Waals surface area contributed by atoms with Gasteiger partial charge in [-0.1, -0.05) is 56.3 Å². The van der Waals surface area contributed by atoms with Crippen molar-refractivity contribution in [2.75, 3.05) is 11.9 Å². The highest BCUT2D eigenvalue weighted by Gasteiger charge is 2.22. The molecule has 0 radical (unpaired) electrons. The number of nitro groups is 1. The average Bonchev–Trinajstić information content (AvgIpc) is 3.00. The molecule has 42 heavy (non-hydrogen) atoms. The lowest BCUT2D eigenvalue weighted by atomic mass is 9.78. The predicted octanol–water partition coefficient (Wildman–Crippen LogP) is 6.86. The van der Waals surface area contributed by atoms with Gasteiger partial charge in [0.25, 0.3) is 5.69 Å². The van der Waals surface area contributed by atoms with E-state index in [1.807, 2.05) is 42.5 Å². The molecule has 9 nitrogen and oxygen atoms in total. The largest absolute Gasteiger partial charge is 0.457 e. The molecule has 0 aromatic heterocycles. The summed E-state index contributed by atoms with van der Waals surface area (Å²) in [7, 11) is 0. The van der Waals surface area contributed by atoms with Crippen LogP contribution in [0.25, 0.3) is 0 Å². The van der Waals surface area contributed by atoms with Gasteiger partial charge in [0, 0.05) is 35.2 Å². The van der Waals surface area contributed by atoms with Crippen LogP contribution in [0.2, 0.25) is 0 Å². The second kappa shape index (κ2) is 13.4. The van der Waals surface area contributed by atoms with E-state index in [4.69, 9.17) is 9.47 Å². The van der Waals surface area contributed by atoms with Crippen LogP contribution in [0.1, 0.15) is 48.2 Å². The molecule has 0 bridgehead atoms. The van der Waals surface area contributed by atoms with E-state index >= 15 is 0 Å². The van der Waals surface area contributed by atoms with E-state index in [1.165, 1.54) is 35.4 Å². The number of carbonyl (C=O) groups is 3. The Morgan fingerprint density at radius 1 is 0.762 bits per heavy atom. The van der Waals surface area contributed by atoms with Crippen molar-refractivity contribution in [3.8, 4) is 11.5 Å². The predicted molar refractivity (Wildman–Crippen MR) is 158 cm³/mol. The van der Waals surface area contributed by atoms with E-state index in [1.54, 1.807) is 24.3 Å². The summed E-state index contributed by atoms with van der Waals surface area (Å²) in [6, 6.07) is 30.1. The number of hydrogen-bond donors (Lipinski definition) is 1. The van der Waals surface area contributed by atoms with E-state index in [0.717, 1.165) is 0 Å². The Labute approximate surface area is 243 Å². The van der Waals surface area contributed by atoms with Gasteiger partial charge in [-0.25, -0.2) is 0 Å². The monoisotopic (exact) mass is 566 g/mol. The number of ether oxygens (including phenoxy) is 2. The molecule has 0 fully saturated rings. The molecule has 1 amide bonds. The molecule has 0 unspecified atom stereocenters. The molecule has 0 saturated heterocycles. The Bertz CT molecular complexity index is 1550. The molecule has 0 spiro atoms. The lowest BCUT2D eigenvalue weighted by molar-refractivity contribution is -0.384. The van der Waals surface area contributed by atoms with Gasteiger partial charge in [0.1, 0.15) is 11.5 Å². The third kappa shape index (κ3) is 7.88. The first-order chi connectivity index (χ1) is 20.1. The van der Waals surface area contributed by atoms with Crippen molar-refractivity contribution in [2.45, 2.75) is 32.1 Å². The number of amides is 1. The van der Waals surface area contributed by atoms with Crippen LogP contribution in [0.4, 0.5) is 11.4 Å². The SMILES string of the molecule is CC(C)(c1ccccc1)c1ccc(Oc2ccc(NC(=O)CCC(=O)OCC(=O)c3ccc([N+](=O)[O-])cc3)cc2)cc1. The van der Waals surface area contributed by atoms with Gasteiger partial charge in [0.2, 0.25) is 5.91 Å². The van der Waals surface area contributed by atoms with E-state index in [-0.39, 0.29) is 35.4 Å². The summed E-state index contributed by atoms with van der Waals surface area (Å²) in [4.78, 5) is 46.5. The molecule has 0 aliphatic carbocycles. The fourth-order valence-corrected chi connectivity index (χ4v) is 4.21. The third-order valence-corrected chi connectivity index (χ3v) is 6.77. The molecule has 4 aromatic carbocycles. The topological polar surface area (TPSA) is 125 Å². The lowest BCUT2D eigenvalue weighted by Gasteiger charge is -2.26. The zero-order chi connectivity index (χ0) is 30.1. The van der Waals surface area contributed by atoms with Gasteiger partial charge < -0.3 is 14.8 Å². The average molecular weight is 567 g/mol. The highest BCUT2D eigenvalue weighted by Crippen LogP contribution is 2.33. The first-order valence-corrected chi connectivity index (χ1v) is 13.3. The standard InChI is InChI=1S/C33H30N2O7/c1-33(2,24-6-4-3-5-7-24)25-10-16-28(17-11-25)42-29-18-12-26(13-19-29)34-31(37)20-21-32(38)41-22-30(36)23-8-14-27(15-9-23)35(39)40/h3-19H,20-22H2,1-2H3,(H,34,37). The Morgan fingerprint density at radius 3 is 1.93 bits per heavy atom. The van der Waals surface area contributed by atoms with E-state index < -0.39 is 23.3 Å². The second-order valence-corrected chi connectivity index (χ2v) is 10.1. The maximum absolute atomic E-state index is 12.3. The number of Topliss-reactive ketones (excluding diaryl/α,β-unsaturated/α-hetero) is 1. The summed E-state index contributed by atoms with van der Waals surface area (Å²) >= 11 is 0. The number of anilines is 1. The van der Waals surface area contributed by atoms with Gasteiger partial charge in [-0.3, -0.25) is 24.5 Å². The molecule has 9 heteroatoms. The molecule has 0 aliphatic heterocycles. The zero-order valence-electron chi connectivity index (χ0n) is 23.2. The minimum atomic E-state index is -0.706. The number of benzene rings is 4. The molecular formula is C33H30N2O7. The number of non-ortho nitro benzene ring substituents is 1. The van der Waals surface area contributed by atoms with Gasteiger partial charge in [-0.15, -0.1) is 0 Å². The fraction of sp³-hybridized carbons (Fsp3) is 0.182. The van der Waals surface area contributed by atoms with Crippen LogP contribution in [0.15, 0.2) is 103 Å². The van der Waals surface area contributed by atoms with Crippen molar-refractivity contribution in [1.82, 2.24) is 0 Å². The summed E-state index contributed by atoms with van der Waals surface area (Å²) in [5.41, 5.74) is 2.81. The highest BCUT2D eigenvalue weighted by molar-refractivity contribution is 5.98. The number of esters is 1. The van der Waals surface area contributed by atoms with Crippen LogP contribution >= 0.6 is 0 Å². The Balaban J connectivity index is 1.20. The smallest absolute Gasteiger partial charge is 0.306 e. The van der Waals surface area contributed by atoms with Crippen molar-refractivity contribution in [3.05, 3.63) is 130 Å². The van der Waals surface area contributed by atoms with Crippen LogP contribution in [0, 0.1) is 10.1 Å². The minimum absolute atomic E-state index is 0.130. The van der Waals surface area contributed by atoms with Crippen LogP contribution in [0.3, 0.4) is 0 Å². The molecular weight excluding hydrogens is 536 g/mol. The highest BCUT2D eigenvalue weighted by atomic mass is 16.6. The number of carbonyl (C=O) groups excluding carboxylic acids is 3. The fourth-order valence-electron chi connectivity index (χ4n) is 4.21. The number of ketones is 1. The first-order valence-electron chi connectivity index (χ1n) is 13.3. The number of rotatable bonds is 12. The van der Waals surface area contributed by atoms with Crippen molar-refractivity contribution in [1.29, 1.82) is 0 Å². The summed E-state index contributed by atoms with van der Waals surface area (Å²) in [6.45, 7) is 3.84. The maximum atomic E-state index is 12.3. The molecule has 0 saturated carbocycles. The van der Waals surface area contributed by atoms with Crippen LogP contribution in [-0.2, 0) is 19.7 Å². The minimum Gasteiger partial charge on any atom is -0.457 e. The number of nitro benzene ring substituents is 1. The van der Waals surface area contributed by atoms with E-state index in [0.29, 0.717) is 17.2 Å². The van der Waals surface area contributed by atoms with Crippen LogP contribution < -0.4 is 10.1 Å². The molecule has 214 valence electrons. The summed E-state index contributed by atoms with van der Waals surface area (Å²) < 4.78 is 10.9. The molecule has 0 aliphatic rings. The van der Waals surface area contributed by atoms with Gasteiger partial charge in [-0.2, -0.15) is 0 Å². The normalized spacial score (nSPS) is 10.9.